The van der Waals surface area contributed by atoms with Gasteiger partial charge in [-0.15, -0.1) is 0 Å². The third-order valence-electron chi connectivity index (χ3n) is 1.93. The Kier molecular flexibility index (Phi) is 4.14. The van der Waals surface area contributed by atoms with Crippen LogP contribution in [-0.4, -0.2) is 57.2 Å². The minimum absolute atomic E-state index is 0.0112. The quantitative estimate of drug-likeness (QED) is 0.323. The van der Waals surface area contributed by atoms with Crippen molar-refractivity contribution in [1.82, 2.24) is 5.32 Å². The summed E-state index contributed by atoms with van der Waals surface area (Å²) in [4.78, 5) is 39.1. The molecule has 0 saturated carbocycles. The zero-order valence-corrected chi connectivity index (χ0v) is 9.57. The van der Waals surface area contributed by atoms with E-state index in [0.29, 0.717) is 0 Å². The van der Waals surface area contributed by atoms with E-state index in [-0.39, 0.29) is 13.2 Å². The fourth-order valence-corrected chi connectivity index (χ4v) is 2.22. The van der Waals surface area contributed by atoms with Gasteiger partial charge in [0.05, 0.1) is 6.61 Å². The van der Waals surface area contributed by atoms with Crippen LogP contribution in [0.1, 0.15) is 0 Å². The lowest BCUT2D eigenvalue weighted by atomic mass is 10.4. The van der Waals surface area contributed by atoms with Crippen LogP contribution in [0.2, 0.25) is 0 Å². The molecule has 2 atom stereocenters. The highest BCUT2D eigenvalue weighted by molar-refractivity contribution is 7.53. The Balaban J connectivity index is 3.13. The second kappa shape index (κ2) is 5.08. The predicted molar refractivity (Wildman–Crippen MR) is 50.7 cm³/mol. The Hall–Kier alpha value is -1.39. The molecule has 1 aliphatic heterocycles. The Morgan fingerprint density at radius 1 is 1.33 bits per heavy atom. The molecule has 0 bridgehead atoms. The first-order valence-electron chi connectivity index (χ1n) is 4.43. The second-order valence-corrected chi connectivity index (χ2v) is 4.82. The highest BCUT2D eigenvalue weighted by Gasteiger charge is 2.62. The summed E-state index contributed by atoms with van der Waals surface area (Å²) >= 11 is 0. The smallest absolute Gasteiger partial charge is 0.450 e. The predicted octanol–water partition coefficient (Wildman–Crippen LogP) is -0.847. The van der Waals surface area contributed by atoms with Crippen LogP contribution < -0.4 is 5.32 Å². The summed E-state index contributed by atoms with van der Waals surface area (Å²) < 4.78 is 24.1. The SMILES string of the molecule is O=C(O)OC1NCCOC1(OC(=O)O)P(=O)(O)O. The number of carbonyl (C=O) groups is 2. The zero-order chi connectivity index (χ0) is 14.0. The molecule has 0 radical (unpaired) electrons. The van der Waals surface area contributed by atoms with Gasteiger partial charge in [0.2, 0.25) is 6.23 Å². The zero-order valence-electron chi connectivity index (χ0n) is 8.68. The van der Waals surface area contributed by atoms with E-state index in [1.165, 1.54) is 0 Å². The molecule has 1 saturated heterocycles. The van der Waals surface area contributed by atoms with Gasteiger partial charge in [-0.2, -0.15) is 0 Å². The van der Waals surface area contributed by atoms with Crippen molar-refractivity contribution < 1.29 is 48.4 Å². The van der Waals surface area contributed by atoms with E-state index in [2.05, 4.69) is 19.5 Å². The molecule has 0 aromatic heterocycles. The third kappa shape index (κ3) is 2.89. The normalized spacial score (nSPS) is 28.4. The van der Waals surface area contributed by atoms with E-state index < -0.39 is 31.7 Å². The van der Waals surface area contributed by atoms with E-state index in [0.717, 1.165) is 0 Å². The van der Waals surface area contributed by atoms with Crippen LogP contribution in [0.3, 0.4) is 0 Å². The van der Waals surface area contributed by atoms with Crippen LogP contribution in [0, 0.1) is 0 Å². The number of ether oxygens (including phenoxy) is 3. The third-order valence-corrected chi connectivity index (χ3v) is 3.20. The Morgan fingerprint density at radius 3 is 2.39 bits per heavy atom. The van der Waals surface area contributed by atoms with Crippen molar-refractivity contribution in [3.8, 4) is 0 Å². The van der Waals surface area contributed by atoms with Crippen molar-refractivity contribution in [2.75, 3.05) is 13.2 Å². The van der Waals surface area contributed by atoms with E-state index in [9.17, 15) is 14.2 Å². The van der Waals surface area contributed by atoms with Gasteiger partial charge in [-0.3, -0.25) is 9.88 Å². The fraction of sp³-hybridized carbons (Fsp3) is 0.667. The number of hydrogen-bond acceptors (Lipinski definition) is 7. The molecule has 11 nitrogen and oxygen atoms in total. The largest absolute Gasteiger partial charge is 0.509 e. The summed E-state index contributed by atoms with van der Waals surface area (Å²) in [5, 5.41) is 19.1. The van der Waals surface area contributed by atoms with Crippen LogP contribution in [-0.2, 0) is 18.8 Å². The molecule has 1 rings (SSSR count). The first-order chi connectivity index (χ1) is 8.19. The van der Waals surface area contributed by atoms with Crippen molar-refractivity contribution in [3.63, 3.8) is 0 Å². The Labute approximate surface area is 99.4 Å². The molecule has 0 aromatic carbocycles. The standard InChI is InChI=1S/C6H10NO10P/c8-4(9)16-3-6(17-5(10)11,18(12,13)14)15-2-1-7-3/h3,7H,1-2H2,(H,8,9)(H,10,11)(H2,12,13,14). The highest BCUT2D eigenvalue weighted by atomic mass is 31.2. The molecule has 12 heteroatoms. The van der Waals surface area contributed by atoms with Crippen LogP contribution in [0.25, 0.3) is 0 Å². The average Bonchev–Trinajstić information content (AvgIpc) is 2.17. The van der Waals surface area contributed by atoms with Crippen molar-refractivity contribution in [2.45, 2.75) is 11.8 Å². The number of nitrogens with one attached hydrogen (secondary N) is 1. The topological polar surface area (TPSA) is 172 Å². The van der Waals surface area contributed by atoms with Gasteiger partial charge in [0, 0.05) is 6.54 Å². The number of hydrogen-bond donors (Lipinski definition) is 5. The lowest BCUT2D eigenvalue weighted by Crippen LogP contribution is -2.61. The van der Waals surface area contributed by atoms with Gasteiger partial charge < -0.3 is 34.2 Å². The number of rotatable bonds is 3. The molecule has 5 N–H and O–H groups in total. The van der Waals surface area contributed by atoms with Crippen LogP contribution in [0.5, 0.6) is 0 Å². The summed E-state index contributed by atoms with van der Waals surface area (Å²) in [6.45, 7) is -0.319. The first kappa shape index (κ1) is 14.7. The molecule has 1 fully saturated rings. The van der Waals surface area contributed by atoms with Crippen molar-refractivity contribution in [2.24, 2.45) is 0 Å². The number of carboxylic acid groups (broad SMARTS) is 2. The monoisotopic (exact) mass is 287 g/mol. The maximum absolute atomic E-state index is 11.3. The number of morpholine rings is 1. The molecular weight excluding hydrogens is 277 g/mol. The van der Waals surface area contributed by atoms with Crippen molar-refractivity contribution >= 4 is 19.9 Å². The molecule has 0 spiro atoms. The van der Waals surface area contributed by atoms with Gasteiger partial charge >= 0.3 is 25.4 Å². The molecule has 2 unspecified atom stereocenters. The molecule has 0 aromatic rings. The van der Waals surface area contributed by atoms with Crippen LogP contribution in [0.4, 0.5) is 9.59 Å². The van der Waals surface area contributed by atoms with Gasteiger partial charge in [-0.1, -0.05) is 0 Å². The summed E-state index contributed by atoms with van der Waals surface area (Å²) in [5.74, 6) is 0. The molecular formula is C6H10NO10P. The molecule has 18 heavy (non-hydrogen) atoms. The fourth-order valence-electron chi connectivity index (χ4n) is 1.31. The molecule has 0 aliphatic carbocycles. The van der Waals surface area contributed by atoms with E-state index in [1.807, 2.05) is 0 Å². The molecule has 104 valence electrons. The highest BCUT2D eigenvalue weighted by Crippen LogP contribution is 2.55. The van der Waals surface area contributed by atoms with Gasteiger partial charge in [-0.05, 0) is 0 Å². The first-order valence-corrected chi connectivity index (χ1v) is 6.05. The maximum atomic E-state index is 11.3. The van der Waals surface area contributed by atoms with Gasteiger partial charge in [0.25, 0.3) is 0 Å². The summed E-state index contributed by atoms with van der Waals surface area (Å²) in [6, 6.07) is 0. The molecule has 1 heterocycles. The minimum Gasteiger partial charge on any atom is -0.450 e. The van der Waals surface area contributed by atoms with Crippen LogP contribution in [0.15, 0.2) is 0 Å². The Bertz CT molecular complexity index is 392. The van der Waals surface area contributed by atoms with Crippen molar-refractivity contribution in [3.05, 3.63) is 0 Å². The maximum Gasteiger partial charge on any atom is 0.509 e. The summed E-state index contributed by atoms with van der Waals surface area (Å²) in [7, 11) is -5.31. The van der Waals surface area contributed by atoms with Gasteiger partial charge in [-0.25, -0.2) is 9.59 Å². The van der Waals surface area contributed by atoms with Crippen molar-refractivity contribution in [1.29, 1.82) is 0 Å². The van der Waals surface area contributed by atoms with E-state index in [1.54, 1.807) is 0 Å². The van der Waals surface area contributed by atoms with E-state index >= 15 is 0 Å². The van der Waals surface area contributed by atoms with Gasteiger partial charge in [0.1, 0.15) is 0 Å². The second-order valence-electron chi connectivity index (χ2n) is 3.11. The summed E-state index contributed by atoms with van der Waals surface area (Å²) in [6.07, 6.45) is -5.92. The Morgan fingerprint density at radius 2 is 1.94 bits per heavy atom. The minimum atomic E-state index is -5.31. The lowest BCUT2D eigenvalue weighted by Gasteiger charge is -2.40. The van der Waals surface area contributed by atoms with E-state index in [4.69, 9.17) is 20.0 Å². The molecule has 1 aliphatic rings. The summed E-state index contributed by atoms with van der Waals surface area (Å²) in [5.41, 5.74) is -3.06. The average molecular weight is 287 g/mol. The van der Waals surface area contributed by atoms with Gasteiger partial charge in [0.15, 0.2) is 0 Å². The lowest BCUT2D eigenvalue weighted by molar-refractivity contribution is -0.242. The molecule has 0 amide bonds. The van der Waals surface area contributed by atoms with Crippen LogP contribution >= 0.6 is 7.60 Å².